The Hall–Kier alpha value is -1.56. The van der Waals surface area contributed by atoms with Crippen LogP contribution in [-0.4, -0.2) is 0 Å². The highest BCUT2D eigenvalue weighted by Gasteiger charge is 1.94. The Labute approximate surface area is 92.0 Å². The van der Waals surface area contributed by atoms with Gasteiger partial charge in [0.25, 0.3) is 0 Å². The molecule has 78 valence electrons. The van der Waals surface area contributed by atoms with E-state index in [9.17, 15) is 0 Å². The van der Waals surface area contributed by atoms with Crippen molar-refractivity contribution >= 4 is 18.7 Å². The van der Waals surface area contributed by atoms with Crippen LogP contribution >= 0.6 is 0 Å². The smallest absolute Gasteiger partial charge is 0.0187 e. The van der Waals surface area contributed by atoms with Gasteiger partial charge in [-0.1, -0.05) is 56.5 Å². The first kappa shape index (κ1) is 11.5. The predicted molar refractivity (Wildman–Crippen MR) is 69.9 cm³/mol. The van der Waals surface area contributed by atoms with Crippen molar-refractivity contribution in [2.75, 3.05) is 0 Å². The van der Waals surface area contributed by atoms with Gasteiger partial charge in [-0.2, -0.15) is 0 Å². The number of benzene rings is 1. The molecule has 0 atom stereocenters. The molecule has 0 aliphatic carbocycles. The van der Waals surface area contributed by atoms with E-state index in [2.05, 4.69) is 51.3 Å². The van der Waals surface area contributed by atoms with Gasteiger partial charge in [-0.05, 0) is 34.9 Å². The molecule has 0 aliphatic rings. The Kier molecular flexibility index (Phi) is 4.11. The summed E-state index contributed by atoms with van der Waals surface area (Å²) in [5.74, 6) is 0. The third-order valence-corrected chi connectivity index (χ3v) is 2.51. The molecule has 0 heterocycles. The van der Waals surface area contributed by atoms with Crippen molar-refractivity contribution < 1.29 is 0 Å². The van der Waals surface area contributed by atoms with Crippen molar-refractivity contribution in [3.63, 3.8) is 0 Å². The van der Waals surface area contributed by atoms with Gasteiger partial charge >= 0.3 is 0 Å². The Balaban J connectivity index is 3.34. The standard InChI is InChI=1S/C15H18/c1-5-7-9-15-11-10-14(8-6-2)12(3)13(15)4/h6-11H,2-3,5H2,1,4H3/b9-7-,14-8-. The van der Waals surface area contributed by atoms with Crippen LogP contribution in [0.1, 0.15) is 24.5 Å². The van der Waals surface area contributed by atoms with E-state index in [0.717, 1.165) is 16.9 Å². The molecule has 0 saturated heterocycles. The molecule has 0 aliphatic heterocycles. The summed E-state index contributed by atoms with van der Waals surface area (Å²) >= 11 is 0. The molecule has 0 aromatic heterocycles. The minimum Gasteiger partial charge on any atom is -0.0990 e. The van der Waals surface area contributed by atoms with Gasteiger partial charge < -0.3 is 0 Å². The summed E-state index contributed by atoms with van der Waals surface area (Å²) < 4.78 is 0. The Morgan fingerprint density at radius 3 is 2.67 bits per heavy atom. The molecule has 0 unspecified atom stereocenters. The van der Waals surface area contributed by atoms with E-state index in [4.69, 9.17) is 0 Å². The van der Waals surface area contributed by atoms with Crippen molar-refractivity contribution in [2.24, 2.45) is 0 Å². The van der Waals surface area contributed by atoms with Crippen LogP contribution in [0.25, 0.3) is 18.7 Å². The zero-order valence-electron chi connectivity index (χ0n) is 9.59. The summed E-state index contributed by atoms with van der Waals surface area (Å²) in [6.45, 7) is 12.0. The molecule has 0 saturated carbocycles. The Morgan fingerprint density at radius 1 is 1.33 bits per heavy atom. The van der Waals surface area contributed by atoms with Crippen LogP contribution in [0.3, 0.4) is 0 Å². The van der Waals surface area contributed by atoms with E-state index in [0.29, 0.717) is 0 Å². The Morgan fingerprint density at radius 2 is 2.07 bits per heavy atom. The summed E-state index contributed by atoms with van der Waals surface area (Å²) in [5.41, 5.74) is 2.50. The molecule has 0 radical (unpaired) electrons. The molecule has 1 rings (SSSR count). The first-order chi connectivity index (χ1) is 7.20. The molecule has 0 fully saturated rings. The van der Waals surface area contributed by atoms with Gasteiger partial charge in [0.05, 0.1) is 0 Å². The Bertz CT molecular complexity index is 475. The summed E-state index contributed by atoms with van der Waals surface area (Å²) in [5, 5.41) is 2.24. The van der Waals surface area contributed by atoms with Gasteiger partial charge in [-0.15, -0.1) is 0 Å². The average Bonchev–Trinajstić information content (AvgIpc) is 2.24. The lowest BCUT2D eigenvalue weighted by Gasteiger charge is -2.01. The minimum absolute atomic E-state index is 1.06. The summed E-state index contributed by atoms with van der Waals surface area (Å²) in [6, 6.07) is 4.22. The number of allylic oxidation sites excluding steroid dienone is 2. The first-order valence-electron chi connectivity index (χ1n) is 5.28. The molecule has 1 aromatic carbocycles. The normalized spacial score (nSPS) is 12.3. The van der Waals surface area contributed by atoms with Crippen molar-refractivity contribution in [1.29, 1.82) is 0 Å². The summed E-state index contributed by atoms with van der Waals surface area (Å²) in [4.78, 5) is 0. The van der Waals surface area contributed by atoms with Crippen molar-refractivity contribution in [3.05, 3.63) is 52.4 Å². The lowest BCUT2D eigenvalue weighted by atomic mass is 10.0. The van der Waals surface area contributed by atoms with Gasteiger partial charge in [-0.3, -0.25) is 0 Å². The quantitative estimate of drug-likeness (QED) is 0.700. The zero-order chi connectivity index (χ0) is 11.3. The zero-order valence-corrected chi connectivity index (χ0v) is 9.59. The van der Waals surface area contributed by atoms with Crippen LogP contribution in [0.15, 0.2) is 30.9 Å². The van der Waals surface area contributed by atoms with Gasteiger partial charge in [0, 0.05) is 0 Å². The molecule has 0 nitrogen and oxygen atoms in total. The number of hydrogen-bond donors (Lipinski definition) is 0. The maximum Gasteiger partial charge on any atom is -0.0187 e. The van der Waals surface area contributed by atoms with Crippen LogP contribution in [0.5, 0.6) is 0 Å². The fourth-order valence-electron chi connectivity index (χ4n) is 1.50. The van der Waals surface area contributed by atoms with Crippen molar-refractivity contribution in [3.8, 4) is 0 Å². The highest BCUT2D eigenvalue weighted by Crippen LogP contribution is 2.03. The van der Waals surface area contributed by atoms with Gasteiger partial charge in [0.1, 0.15) is 0 Å². The topological polar surface area (TPSA) is 0 Å². The lowest BCUT2D eigenvalue weighted by molar-refractivity contribution is 1.23. The van der Waals surface area contributed by atoms with Crippen LogP contribution in [0.2, 0.25) is 0 Å². The molecule has 15 heavy (non-hydrogen) atoms. The van der Waals surface area contributed by atoms with Crippen LogP contribution in [-0.2, 0) is 0 Å². The minimum atomic E-state index is 1.06. The van der Waals surface area contributed by atoms with E-state index in [1.165, 1.54) is 11.1 Å². The molecule has 0 N–H and O–H groups in total. The van der Waals surface area contributed by atoms with E-state index in [1.807, 2.05) is 6.08 Å². The third-order valence-electron chi connectivity index (χ3n) is 2.51. The summed E-state index contributed by atoms with van der Waals surface area (Å²) in [6.07, 6.45) is 9.17. The molecular weight excluding hydrogens is 180 g/mol. The van der Waals surface area contributed by atoms with Gasteiger partial charge in [-0.25, -0.2) is 0 Å². The van der Waals surface area contributed by atoms with Crippen molar-refractivity contribution in [1.82, 2.24) is 0 Å². The first-order valence-corrected chi connectivity index (χ1v) is 5.28. The molecule has 0 bridgehead atoms. The fraction of sp³-hybridized carbons (Fsp3) is 0.200. The number of rotatable bonds is 3. The molecule has 0 amide bonds. The predicted octanol–water partition coefficient (Wildman–Crippen LogP) is 2.80. The van der Waals surface area contributed by atoms with Gasteiger partial charge in [0.15, 0.2) is 0 Å². The molecule has 0 heteroatoms. The third kappa shape index (κ3) is 2.69. The van der Waals surface area contributed by atoms with E-state index in [1.54, 1.807) is 6.08 Å². The van der Waals surface area contributed by atoms with Crippen LogP contribution in [0.4, 0.5) is 0 Å². The van der Waals surface area contributed by atoms with Crippen LogP contribution in [0, 0.1) is 6.92 Å². The largest absolute Gasteiger partial charge is 0.0990 e. The second kappa shape index (κ2) is 5.35. The SMILES string of the molecule is C=C/C=c1/ccc(/C=C\CC)c(C)c1=C. The van der Waals surface area contributed by atoms with Gasteiger partial charge in [0.2, 0.25) is 0 Å². The second-order valence-electron chi connectivity index (χ2n) is 3.56. The maximum atomic E-state index is 4.09. The highest BCUT2D eigenvalue weighted by atomic mass is 14.0. The molecule has 1 aromatic rings. The second-order valence-corrected chi connectivity index (χ2v) is 3.56. The number of hydrogen-bond acceptors (Lipinski definition) is 0. The van der Waals surface area contributed by atoms with Crippen LogP contribution < -0.4 is 10.4 Å². The van der Waals surface area contributed by atoms with E-state index < -0.39 is 0 Å². The molecule has 0 spiro atoms. The fourth-order valence-corrected chi connectivity index (χ4v) is 1.50. The summed E-state index contributed by atoms with van der Waals surface area (Å²) in [7, 11) is 0. The maximum absolute atomic E-state index is 4.09. The average molecular weight is 198 g/mol. The van der Waals surface area contributed by atoms with E-state index in [-0.39, 0.29) is 0 Å². The molecular formula is C15H18. The lowest BCUT2D eigenvalue weighted by Crippen LogP contribution is -2.26. The van der Waals surface area contributed by atoms with Crippen molar-refractivity contribution in [2.45, 2.75) is 20.3 Å². The monoisotopic (exact) mass is 198 g/mol. The highest BCUT2D eigenvalue weighted by molar-refractivity contribution is 5.55. The van der Waals surface area contributed by atoms with E-state index >= 15 is 0 Å².